The third kappa shape index (κ3) is 2.91. The lowest BCUT2D eigenvalue weighted by Crippen LogP contribution is -2.56. The third-order valence-corrected chi connectivity index (χ3v) is 5.07. The quantitative estimate of drug-likeness (QED) is 0.813. The van der Waals surface area contributed by atoms with Crippen molar-refractivity contribution < 1.29 is 24.2 Å². The van der Waals surface area contributed by atoms with Crippen molar-refractivity contribution in [2.24, 2.45) is 11.8 Å². The summed E-state index contributed by atoms with van der Waals surface area (Å²) in [6, 6.07) is 9.73. The van der Waals surface area contributed by atoms with Gasteiger partial charge in [0.05, 0.1) is 25.4 Å². The Labute approximate surface area is 134 Å². The Hall–Kier alpha value is -2.08. The molecule has 0 spiro atoms. The zero-order valence-corrected chi connectivity index (χ0v) is 13.0. The van der Waals surface area contributed by atoms with Crippen molar-refractivity contribution in [3.63, 3.8) is 0 Å². The minimum absolute atomic E-state index is 0.176. The molecular weight excluding hydrogens is 298 g/mol. The lowest BCUT2D eigenvalue weighted by Gasteiger charge is -2.37. The van der Waals surface area contributed by atoms with Gasteiger partial charge in [-0.25, -0.2) is 4.79 Å². The molecule has 0 saturated heterocycles. The average Bonchev–Trinajstić information content (AvgIpc) is 3.07. The van der Waals surface area contributed by atoms with E-state index in [-0.39, 0.29) is 12.0 Å². The van der Waals surface area contributed by atoms with E-state index in [0.29, 0.717) is 19.4 Å². The highest BCUT2D eigenvalue weighted by atomic mass is 16.5. The van der Waals surface area contributed by atoms with Crippen LogP contribution in [0.2, 0.25) is 0 Å². The van der Waals surface area contributed by atoms with Crippen molar-refractivity contribution >= 4 is 12.1 Å². The molecule has 0 unspecified atom stereocenters. The number of nitrogens with one attached hydrogen (secondary N) is 1. The Bertz CT molecular complexity index is 590. The highest BCUT2D eigenvalue weighted by Gasteiger charge is 2.62. The third-order valence-electron chi connectivity index (χ3n) is 5.07. The maximum Gasteiger partial charge on any atom is 0.405 e. The molecule has 2 N–H and O–H groups in total. The first-order valence-electron chi connectivity index (χ1n) is 7.80. The highest BCUT2D eigenvalue weighted by molar-refractivity contribution is 5.78. The predicted molar refractivity (Wildman–Crippen MR) is 81.8 cm³/mol. The average molecular weight is 319 g/mol. The second-order valence-electron chi connectivity index (χ2n) is 6.35. The van der Waals surface area contributed by atoms with Crippen LogP contribution in [-0.2, 0) is 20.9 Å². The summed E-state index contributed by atoms with van der Waals surface area (Å²) in [4.78, 5) is 23.5. The van der Waals surface area contributed by atoms with Crippen LogP contribution in [0.4, 0.5) is 4.79 Å². The molecule has 2 saturated carbocycles. The molecule has 3 rings (SSSR count). The van der Waals surface area contributed by atoms with Crippen LogP contribution in [0.1, 0.15) is 24.8 Å². The molecule has 0 heterocycles. The number of carboxylic acid groups (broad SMARTS) is 1. The number of ether oxygens (including phenoxy) is 2. The number of hydrogen-bond acceptors (Lipinski definition) is 4. The molecule has 1 aromatic carbocycles. The van der Waals surface area contributed by atoms with E-state index in [0.717, 1.165) is 12.0 Å². The van der Waals surface area contributed by atoms with Gasteiger partial charge in [-0.15, -0.1) is 0 Å². The molecule has 2 fully saturated rings. The first-order valence-corrected chi connectivity index (χ1v) is 7.80. The number of amides is 1. The maximum absolute atomic E-state index is 12.3. The van der Waals surface area contributed by atoms with Gasteiger partial charge in [-0.05, 0) is 30.7 Å². The van der Waals surface area contributed by atoms with Gasteiger partial charge in [-0.2, -0.15) is 0 Å². The first-order chi connectivity index (χ1) is 11.1. The zero-order valence-electron chi connectivity index (χ0n) is 13.0. The van der Waals surface area contributed by atoms with E-state index in [1.165, 1.54) is 7.11 Å². The van der Waals surface area contributed by atoms with E-state index in [1.54, 1.807) is 0 Å². The fraction of sp³-hybridized carbons (Fsp3) is 0.529. The largest absolute Gasteiger partial charge is 0.469 e. The van der Waals surface area contributed by atoms with Crippen LogP contribution in [0.15, 0.2) is 30.3 Å². The molecule has 2 bridgehead atoms. The Morgan fingerprint density at radius 2 is 2.09 bits per heavy atom. The van der Waals surface area contributed by atoms with Crippen molar-refractivity contribution in [1.82, 2.24) is 5.32 Å². The second kappa shape index (κ2) is 6.20. The SMILES string of the molecule is COC(=O)[C@@H]1[C@@H](OCc2ccccc2)[C@H]2CC[C@@]1(NC(=O)O)C2. The molecule has 2 aliphatic carbocycles. The van der Waals surface area contributed by atoms with Crippen LogP contribution in [0.25, 0.3) is 0 Å². The van der Waals surface area contributed by atoms with Gasteiger partial charge in [0.25, 0.3) is 0 Å². The van der Waals surface area contributed by atoms with E-state index < -0.39 is 23.5 Å². The van der Waals surface area contributed by atoms with E-state index >= 15 is 0 Å². The summed E-state index contributed by atoms with van der Waals surface area (Å²) in [6.45, 7) is 0.401. The summed E-state index contributed by atoms with van der Waals surface area (Å²) >= 11 is 0. The first kappa shape index (κ1) is 15.8. The molecular formula is C17H21NO5. The van der Waals surface area contributed by atoms with Crippen molar-refractivity contribution in [3.05, 3.63) is 35.9 Å². The number of fused-ring (bicyclic) bond motifs is 2. The number of benzene rings is 1. The van der Waals surface area contributed by atoms with Crippen LogP contribution in [0.5, 0.6) is 0 Å². The van der Waals surface area contributed by atoms with E-state index in [1.807, 2.05) is 30.3 Å². The number of carbonyl (C=O) groups excluding carboxylic acids is 1. The van der Waals surface area contributed by atoms with Crippen LogP contribution >= 0.6 is 0 Å². The molecule has 0 aromatic heterocycles. The number of hydrogen-bond donors (Lipinski definition) is 2. The molecule has 0 aliphatic heterocycles. The smallest absolute Gasteiger partial charge is 0.405 e. The number of carbonyl (C=O) groups is 2. The van der Waals surface area contributed by atoms with Crippen LogP contribution < -0.4 is 5.32 Å². The van der Waals surface area contributed by atoms with Gasteiger partial charge in [-0.1, -0.05) is 30.3 Å². The normalized spacial score (nSPS) is 31.8. The summed E-state index contributed by atoms with van der Waals surface area (Å²) < 4.78 is 11.0. The standard InChI is InChI=1S/C17H21NO5/c1-22-15(19)13-14(23-10-11-5-3-2-4-6-11)12-7-8-17(13,9-12)18-16(20)21/h2-6,12-14,18H,7-10H2,1H3,(H,20,21)/t12-,13-,14-,17+/m0/s1. The number of rotatable bonds is 5. The Morgan fingerprint density at radius 3 is 2.74 bits per heavy atom. The maximum atomic E-state index is 12.3. The fourth-order valence-electron chi connectivity index (χ4n) is 4.15. The topological polar surface area (TPSA) is 84.9 Å². The molecule has 124 valence electrons. The van der Waals surface area contributed by atoms with E-state index in [9.17, 15) is 9.59 Å². The summed E-state index contributed by atoms with van der Waals surface area (Å²) in [5.74, 6) is -0.820. The van der Waals surface area contributed by atoms with Crippen LogP contribution in [0, 0.1) is 11.8 Å². The van der Waals surface area contributed by atoms with Crippen LogP contribution in [-0.4, -0.2) is 35.9 Å². The van der Waals surface area contributed by atoms with Crippen molar-refractivity contribution in [1.29, 1.82) is 0 Å². The Kier molecular flexibility index (Phi) is 4.26. The van der Waals surface area contributed by atoms with Gasteiger partial charge in [0.2, 0.25) is 0 Å². The summed E-state index contributed by atoms with van der Waals surface area (Å²) in [6.07, 6.45) is 0.701. The molecule has 23 heavy (non-hydrogen) atoms. The van der Waals surface area contributed by atoms with Gasteiger partial charge in [0.15, 0.2) is 0 Å². The second-order valence-corrected chi connectivity index (χ2v) is 6.35. The predicted octanol–water partition coefficient (Wildman–Crippen LogP) is 2.18. The lowest BCUT2D eigenvalue weighted by molar-refractivity contribution is -0.156. The Morgan fingerprint density at radius 1 is 1.35 bits per heavy atom. The van der Waals surface area contributed by atoms with E-state index in [4.69, 9.17) is 14.6 Å². The highest BCUT2D eigenvalue weighted by Crippen LogP contribution is 2.53. The number of methoxy groups -OCH3 is 1. The molecule has 6 heteroatoms. The van der Waals surface area contributed by atoms with Gasteiger partial charge in [0.1, 0.15) is 5.92 Å². The summed E-state index contributed by atoms with van der Waals surface area (Å²) in [5, 5.41) is 11.7. The minimum atomic E-state index is -1.11. The van der Waals surface area contributed by atoms with Crippen molar-refractivity contribution in [2.75, 3.05) is 7.11 Å². The van der Waals surface area contributed by atoms with Gasteiger partial charge < -0.3 is 19.9 Å². The van der Waals surface area contributed by atoms with Gasteiger partial charge in [-0.3, -0.25) is 4.79 Å². The zero-order chi connectivity index (χ0) is 16.4. The van der Waals surface area contributed by atoms with Crippen molar-refractivity contribution in [3.8, 4) is 0 Å². The Balaban J connectivity index is 1.79. The molecule has 1 aromatic rings. The van der Waals surface area contributed by atoms with Gasteiger partial charge >= 0.3 is 12.1 Å². The minimum Gasteiger partial charge on any atom is -0.469 e. The van der Waals surface area contributed by atoms with Crippen molar-refractivity contribution in [2.45, 2.75) is 37.5 Å². The monoisotopic (exact) mass is 319 g/mol. The molecule has 4 atom stereocenters. The molecule has 1 amide bonds. The molecule has 0 radical (unpaired) electrons. The van der Waals surface area contributed by atoms with Crippen LogP contribution in [0.3, 0.4) is 0 Å². The summed E-state index contributed by atoms with van der Waals surface area (Å²) in [5.41, 5.74) is 0.268. The molecule has 6 nitrogen and oxygen atoms in total. The molecule has 2 aliphatic rings. The van der Waals surface area contributed by atoms with E-state index in [2.05, 4.69) is 5.32 Å². The summed E-state index contributed by atoms with van der Waals surface area (Å²) in [7, 11) is 1.33. The van der Waals surface area contributed by atoms with Gasteiger partial charge in [0, 0.05) is 0 Å². The fourth-order valence-corrected chi connectivity index (χ4v) is 4.15. The lowest BCUT2D eigenvalue weighted by atomic mass is 9.80. The number of esters is 1.